The summed E-state index contributed by atoms with van der Waals surface area (Å²) in [5.41, 5.74) is 0.568. The molecule has 0 saturated heterocycles. The number of nitrogens with zero attached hydrogens (tertiary/aromatic N) is 2. The highest BCUT2D eigenvalue weighted by Crippen LogP contribution is 2.25. The molecule has 3 rings (SSSR count). The van der Waals surface area contributed by atoms with E-state index in [0.29, 0.717) is 17.2 Å². The molecule has 0 fully saturated rings. The summed E-state index contributed by atoms with van der Waals surface area (Å²) < 4.78 is 16.1. The number of benzene rings is 1. The number of aromatic nitrogens is 2. The van der Waals surface area contributed by atoms with Crippen LogP contribution >= 0.6 is 0 Å². The van der Waals surface area contributed by atoms with Crippen molar-refractivity contribution < 1.29 is 23.8 Å². The van der Waals surface area contributed by atoms with Crippen molar-refractivity contribution >= 4 is 17.6 Å². The van der Waals surface area contributed by atoms with E-state index in [0.717, 1.165) is 0 Å². The van der Waals surface area contributed by atoms with Gasteiger partial charge in [-0.3, -0.25) is 9.78 Å². The Morgan fingerprint density at radius 1 is 1.03 bits per heavy atom. The van der Waals surface area contributed by atoms with Crippen LogP contribution < -0.4 is 14.8 Å². The topological polar surface area (TPSA) is 99.6 Å². The van der Waals surface area contributed by atoms with E-state index in [-0.39, 0.29) is 11.4 Å². The number of methoxy groups -OCH3 is 1. The number of carbonyl (C=O) groups excluding carboxylic acids is 2. The number of hydrogen-bond acceptors (Lipinski definition) is 7. The number of ether oxygens (including phenoxy) is 3. The van der Waals surface area contributed by atoms with E-state index in [9.17, 15) is 9.59 Å². The molecule has 0 spiro atoms. The number of anilines is 1. The van der Waals surface area contributed by atoms with Crippen molar-refractivity contribution in [2.75, 3.05) is 12.4 Å². The molecule has 0 aliphatic carbocycles. The molecular formula is C21H19N3O5. The van der Waals surface area contributed by atoms with E-state index < -0.39 is 18.0 Å². The fourth-order valence-corrected chi connectivity index (χ4v) is 2.41. The molecule has 0 aliphatic rings. The first-order valence-corrected chi connectivity index (χ1v) is 8.76. The second-order valence-corrected chi connectivity index (χ2v) is 5.88. The first kappa shape index (κ1) is 19.8. The molecule has 2 aromatic heterocycles. The average molecular weight is 393 g/mol. The van der Waals surface area contributed by atoms with E-state index >= 15 is 0 Å². The van der Waals surface area contributed by atoms with Gasteiger partial charge in [0.15, 0.2) is 6.10 Å². The molecule has 2 heterocycles. The second-order valence-electron chi connectivity index (χ2n) is 5.88. The van der Waals surface area contributed by atoms with E-state index in [4.69, 9.17) is 14.2 Å². The normalized spacial score (nSPS) is 11.2. The van der Waals surface area contributed by atoms with Crippen molar-refractivity contribution in [1.82, 2.24) is 9.97 Å². The van der Waals surface area contributed by atoms with Crippen LogP contribution in [0.3, 0.4) is 0 Å². The lowest BCUT2D eigenvalue weighted by Crippen LogP contribution is -2.30. The zero-order valence-corrected chi connectivity index (χ0v) is 15.9. The van der Waals surface area contributed by atoms with Crippen molar-refractivity contribution in [2.45, 2.75) is 13.0 Å². The van der Waals surface area contributed by atoms with E-state index in [1.165, 1.54) is 32.5 Å². The zero-order valence-electron chi connectivity index (χ0n) is 15.9. The largest absolute Gasteiger partial charge is 0.495 e. The molecule has 0 radical (unpaired) electrons. The summed E-state index contributed by atoms with van der Waals surface area (Å²) in [5, 5.41) is 2.68. The molecule has 0 bridgehead atoms. The number of carbonyl (C=O) groups is 2. The number of amides is 1. The van der Waals surface area contributed by atoms with Gasteiger partial charge in [-0.15, -0.1) is 0 Å². The molecule has 1 aromatic carbocycles. The maximum absolute atomic E-state index is 12.6. The zero-order chi connectivity index (χ0) is 20.6. The van der Waals surface area contributed by atoms with Crippen molar-refractivity contribution in [3.05, 3.63) is 72.7 Å². The summed E-state index contributed by atoms with van der Waals surface area (Å²) in [6.07, 6.45) is 3.52. The highest BCUT2D eigenvalue weighted by molar-refractivity contribution is 5.98. The number of hydrogen-bond donors (Lipinski definition) is 1. The standard InChI is InChI=1S/C21H19N3O5/c1-14(19(25)24-17-9-3-4-10-18(17)27-2)28-21(26)16-8-6-12-23-20(16)29-15-7-5-11-22-13-15/h3-14H,1-2H3,(H,24,25). The summed E-state index contributed by atoms with van der Waals surface area (Å²) in [5.74, 6) is -0.259. The predicted octanol–water partition coefficient (Wildman–Crippen LogP) is 3.46. The van der Waals surface area contributed by atoms with Crippen LogP contribution in [0.4, 0.5) is 5.69 Å². The van der Waals surface area contributed by atoms with Crippen LogP contribution in [0.25, 0.3) is 0 Å². The van der Waals surface area contributed by atoms with Crippen LogP contribution in [-0.4, -0.2) is 35.1 Å². The number of pyridine rings is 2. The fraction of sp³-hybridized carbons (Fsp3) is 0.143. The van der Waals surface area contributed by atoms with E-state index in [1.54, 1.807) is 48.7 Å². The minimum Gasteiger partial charge on any atom is -0.495 e. The Hall–Kier alpha value is -3.94. The molecule has 0 aliphatic heterocycles. The number of esters is 1. The molecule has 3 aromatic rings. The monoisotopic (exact) mass is 393 g/mol. The summed E-state index contributed by atoms with van der Waals surface area (Å²) in [6, 6.07) is 13.4. The lowest BCUT2D eigenvalue weighted by Gasteiger charge is -2.16. The van der Waals surface area contributed by atoms with Gasteiger partial charge < -0.3 is 19.5 Å². The number of rotatable bonds is 7. The van der Waals surface area contributed by atoms with Crippen molar-refractivity contribution in [1.29, 1.82) is 0 Å². The Kier molecular flexibility index (Phi) is 6.36. The van der Waals surface area contributed by atoms with Crippen LogP contribution in [0.1, 0.15) is 17.3 Å². The van der Waals surface area contributed by atoms with Crippen LogP contribution in [-0.2, 0) is 9.53 Å². The molecule has 0 saturated carbocycles. The minimum atomic E-state index is -1.06. The first-order valence-electron chi connectivity index (χ1n) is 8.76. The summed E-state index contributed by atoms with van der Waals surface area (Å²) >= 11 is 0. The molecular weight excluding hydrogens is 374 g/mol. The van der Waals surface area contributed by atoms with Crippen LogP contribution in [0.5, 0.6) is 17.4 Å². The molecule has 148 valence electrons. The maximum Gasteiger partial charge on any atom is 0.344 e. The lowest BCUT2D eigenvalue weighted by atomic mass is 10.2. The number of nitrogens with one attached hydrogen (secondary N) is 1. The van der Waals surface area contributed by atoms with Gasteiger partial charge in [-0.25, -0.2) is 9.78 Å². The molecule has 29 heavy (non-hydrogen) atoms. The summed E-state index contributed by atoms with van der Waals surface area (Å²) in [6.45, 7) is 1.47. The van der Waals surface area contributed by atoms with Crippen LogP contribution in [0.2, 0.25) is 0 Å². The maximum atomic E-state index is 12.6. The Morgan fingerprint density at radius 3 is 2.59 bits per heavy atom. The first-order chi connectivity index (χ1) is 14.1. The summed E-state index contributed by atoms with van der Waals surface area (Å²) in [7, 11) is 1.50. The third-order valence-corrected chi connectivity index (χ3v) is 3.86. The highest BCUT2D eigenvalue weighted by Gasteiger charge is 2.23. The molecule has 1 amide bonds. The molecule has 8 heteroatoms. The van der Waals surface area contributed by atoms with Gasteiger partial charge in [-0.2, -0.15) is 0 Å². The highest BCUT2D eigenvalue weighted by atomic mass is 16.6. The summed E-state index contributed by atoms with van der Waals surface area (Å²) in [4.78, 5) is 33.0. The van der Waals surface area contributed by atoms with Gasteiger partial charge in [0.05, 0.1) is 19.0 Å². The van der Waals surface area contributed by atoms with Crippen molar-refractivity contribution in [2.24, 2.45) is 0 Å². The molecule has 1 unspecified atom stereocenters. The van der Waals surface area contributed by atoms with Crippen LogP contribution in [0, 0.1) is 0 Å². The van der Waals surface area contributed by atoms with Gasteiger partial charge in [0.1, 0.15) is 17.1 Å². The van der Waals surface area contributed by atoms with Crippen molar-refractivity contribution in [3.63, 3.8) is 0 Å². The Bertz CT molecular complexity index is 994. The van der Waals surface area contributed by atoms with Crippen molar-refractivity contribution in [3.8, 4) is 17.4 Å². The third kappa shape index (κ3) is 5.07. The van der Waals surface area contributed by atoms with Gasteiger partial charge in [0.25, 0.3) is 5.91 Å². The van der Waals surface area contributed by atoms with Gasteiger partial charge in [-0.1, -0.05) is 12.1 Å². The van der Waals surface area contributed by atoms with Gasteiger partial charge >= 0.3 is 5.97 Å². The molecule has 8 nitrogen and oxygen atoms in total. The minimum absolute atomic E-state index is 0.0582. The van der Waals surface area contributed by atoms with Crippen LogP contribution in [0.15, 0.2) is 67.1 Å². The third-order valence-electron chi connectivity index (χ3n) is 3.86. The van der Waals surface area contributed by atoms with E-state index in [1.807, 2.05) is 0 Å². The van der Waals surface area contributed by atoms with Gasteiger partial charge in [-0.05, 0) is 43.3 Å². The Morgan fingerprint density at radius 2 is 1.83 bits per heavy atom. The quantitative estimate of drug-likeness (QED) is 0.614. The molecule has 1 N–H and O–H groups in total. The smallest absolute Gasteiger partial charge is 0.344 e. The Labute approximate surface area is 167 Å². The molecule has 1 atom stereocenters. The number of para-hydroxylation sites is 2. The fourth-order valence-electron chi connectivity index (χ4n) is 2.41. The van der Waals surface area contributed by atoms with Gasteiger partial charge in [0, 0.05) is 12.4 Å². The predicted molar refractivity (Wildman–Crippen MR) is 105 cm³/mol. The van der Waals surface area contributed by atoms with Gasteiger partial charge in [0.2, 0.25) is 5.88 Å². The second kappa shape index (κ2) is 9.32. The van der Waals surface area contributed by atoms with E-state index in [2.05, 4.69) is 15.3 Å². The Balaban J connectivity index is 1.69. The SMILES string of the molecule is COc1ccccc1NC(=O)C(C)OC(=O)c1cccnc1Oc1cccnc1. The lowest BCUT2D eigenvalue weighted by molar-refractivity contribution is -0.123. The average Bonchev–Trinajstić information content (AvgIpc) is 2.75.